The monoisotopic (exact) mass is 345 g/mol. The minimum atomic E-state index is -0.911. The number of aliphatic imine (C=N–C) groups is 1. The highest BCUT2D eigenvalue weighted by molar-refractivity contribution is 7.10. The van der Waals surface area contributed by atoms with Gasteiger partial charge in [-0.15, -0.1) is 11.3 Å². The van der Waals surface area contributed by atoms with E-state index < -0.39 is 5.60 Å². The van der Waals surface area contributed by atoms with Crippen LogP contribution in [0.25, 0.3) is 0 Å². The molecule has 1 heterocycles. The van der Waals surface area contributed by atoms with Crippen LogP contribution in [0.15, 0.2) is 46.8 Å². The molecule has 0 saturated heterocycles. The first kappa shape index (κ1) is 18.5. The van der Waals surface area contributed by atoms with Gasteiger partial charge in [-0.2, -0.15) is 0 Å². The lowest BCUT2D eigenvalue weighted by molar-refractivity contribution is 0.0655. The van der Waals surface area contributed by atoms with E-state index in [0.717, 1.165) is 23.8 Å². The largest absolute Gasteiger partial charge is 0.383 e. The fourth-order valence-electron chi connectivity index (χ4n) is 2.49. The van der Waals surface area contributed by atoms with Gasteiger partial charge in [0.05, 0.1) is 13.1 Å². The molecule has 0 fully saturated rings. The van der Waals surface area contributed by atoms with Crippen molar-refractivity contribution in [3.63, 3.8) is 0 Å². The van der Waals surface area contributed by atoms with Crippen LogP contribution in [-0.4, -0.2) is 24.2 Å². The summed E-state index contributed by atoms with van der Waals surface area (Å²) in [5.74, 6) is 0.722. The third kappa shape index (κ3) is 5.08. The van der Waals surface area contributed by atoms with Crippen molar-refractivity contribution < 1.29 is 5.11 Å². The molecule has 0 aliphatic rings. The number of nitrogens with one attached hydrogen (secondary N) is 2. The van der Waals surface area contributed by atoms with Crippen LogP contribution in [0.4, 0.5) is 0 Å². The zero-order valence-electron chi connectivity index (χ0n) is 14.7. The van der Waals surface area contributed by atoms with Crippen molar-refractivity contribution in [1.82, 2.24) is 10.6 Å². The summed E-state index contributed by atoms with van der Waals surface area (Å²) >= 11 is 1.56. The van der Waals surface area contributed by atoms with E-state index in [4.69, 9.17) is 0 Å². The highest BCUT2D eigenvalue weighted by Gasteiger charge is 2.24. The maximum atomic E-state index is 10.6. The fraction of sp³-hybridized carbons (Fsp3) is 0.421. The van der Waals surface area contributed by atoms with E-state index in [2.05, 4.69) is 40.7 Å². The molecule has 0 aliphatic carbocycles. The third-order valence-electron chi connectivity index (χ3n) is 3.90. The first-order valence-corrected chi connectivity index (χ1v) is 9.30. The van der Waals surface area contributed by atoms with Crippen molar-refractivity contribution >= 4 is 17.3 Å². The molecule has 0 radical (unpaired) electrons. The number of thiophene rings is 1. The standard InChI is InChI=1S/C19H27N3OS/c1-4-15-9-6-7-10-16(15)13-21-18(20-5-2)22-14-19(3,23)17-11-8-12-24-17/h6-12,23H,4-5,13-14H2,1-3H3,(H2,20,21,22). The highest BCUT2D eigenvalue weighted by Crippen LogP contribution is 2.24. The smallest absolute Gasteiger partial charge is 0.191 e. The van der Waals surface area contributed by atoms with Gasteiger partial charge in [0.15, 0.2) is 5.96 Å². The van der Waals surface area contributed by atoms with E-state index in [9.17, 15) is 5.11 Å². The quantitative estimate of drug-likeness (QED) is 0.533. The number of benzene rings is 1. The molecule has 1 aromatic carbocycles. The SMILES string of the molecule is CCNC(=NCc1ccccc1CC)NCC(C)(O)c1cccs1. The molecule has 2 rings (SSSR count). The number of rotatable bonds is 7. The first-order valence-electron chi connectivity index (χ1n) is 8.42. The molecule has 3 N–H and O–H groups in total. The fourth-order valence-corrected chi connectivity index (χ4v) is 3.28. The second kappa shape index (κ2) is 8.85. The van der Waals surface area contributed by atoms with Gasteiger partial charge in [0.2, 0.25) is 0 Å². The molecule has 1 atom stereocenters. The van der Waals surface area contributed by atoms with Gasteiger partial charge in [-0.3, -0.25) is 0 Å². The highest BCUT2D eigenvalue weighted by atomic mass is 32.1. The third-order valence-corrected chi connectivity index (χ3v) is 5.03. The lowest BCUT2D eigenvalue weighted by Gasteiger charge is -2.23. The molecule has 5 heteroatoms. The van der Waals surface area contributed by atoms with Gasteiger partial charge in [-0.05, 0) is 42.8 Å². The Morgan fingerprint density at radius 1 is 1.12 bits per heavy atom. The molecular formula is C19H27N3OS. The number of nitrogens with zero attached hydrogens (tertiary/aromatic N) is 1. The van der Waals surface area contributed by atoms with Crippen molar-refractivity contribution in [2.75, 3.05) is 13.1 Å². The zero-order chi connectivity index (χ0) is 17.4. The summed E-state index contributed by atoms with van der Waals surface area (Å²) in [6.45, 7) is 7.83. The molecule has 0 amide bonds. The molecule has 0 bridgehead atoms. The minimum Gasteiger partial charge on any atom is -0.383 e. The van der Waals surface area contributed by atoms with Crippen LogP contribution in [0.3, 0.4) is 0 Å². The number of hydrogen-bond donors (Lipinski definition) is 3. The lowest BCUT2D eigenvalue weighted by Crippen LogP contribution is -2.44. The Hall–Kier alpha value is -1.85. The van der Waals surface area contributed by atoms with Gasteiger partial charge < -0.3 is 15.7 Å². The summed E-state index contributed by atoms with van der Waals surface area (Å²) in [5, 5.41) is 19.1. The van der Waals surface area contributed by atoms with Crippen molar-refractivity contribution in [2.45, 2.75) is 39.3 Å². The molecular weight excluding hydrogens is 318 g/mol. The van der Waals surface area contributed by atoms with Crippen LogP contribution < -0.4 is 10.6 Å². The van der Waals surface area contributed by atoms with Crippen LogP contribution in [0.5, 0.6) is 0 Å². The van der Waals surface area contributed by atoms with E-state index in [-0.39, 0.29) is 0 Å². The summed E-state index contributed by atoms with van der Waals surface area (Å²) in [4.78, 5) is 5.61. The second-order valence-corrected chi connectivity index (χ2v) is 6.87. The van der Waals surface area contributed by atoms with Crippen molar-refractivity contribution in [1.29, 1.82) is 0 Å². The van der Waals surface area contributed by atoms with E-state index >= 15 is 0 Å². The average molecular weight is 346 g/mol. The van der Waals surface area contributed by atoms with Gasteiger partial charge in [-0.25, -0.2) is 4.99 Å². The lowest BCUT2D eigenvalue weighted by atomic mass is 10.1. The number of hydrogen-bond acceptors (Lipinski definition) is 3. The van der Waals surface area contributed by atoms with Crippen LogP contribution >= 0.6 is 11.3 Å². The Bertz CT molecular complexity index is 650. The summed E-state index contributed by atoms with van der Waals surface area (Å²) in [7, 11) is 0. The summed E-state index contributed by atoms with van der Waals surface area (Å²) in [6, 6.07) is 12.3. The van der Waals surface area contributed by atoms with Crippen LogP contribution in [0, 0.1) is 0 Å². The van der Waals surface area contributed by atoms with Crippen molar-refractivity contribution in [2.24, 2.45) is 4.99 Å². The first-order chi connectivity index (χ1) is 11.6. The van der Waals surface area contributed by atoms with Crippen molar-refractivity contribution in [3.05, 3.63) is 57.8 Å². The van der Waals surface area contributed by atoms with E-state index in [1.54, 1.807) is 11.3 Å². The number of aryl methyl sites for hydroxylation is 1. The van der Waals surface area contributed by atoms with Crippen molar-refractivity contribution in [3.8, 4) is 0 Å². The Labute approximate surface area is 148 Å². The average Bonchev–Trinajstić information content (AvgIpc) is 3.13. The van der Waals surface area contributed by atoms with Gasteiger partial charge >= 0.3 is 0 Å². The normalized spacial score (nSPS) is 14.2. The predicted octanol–water partition coefficient (Wildman–Crippen LogP) is 3.27. The molecule has 2 aromatic rings. The van der Waals surface area contributed by atoms with E-state index in [0.29, 0.717) is 13.1 Å². The predicted molar refractivity (Wildman–Crippen MR) is 103 cm³/mol. The van der Waals surface area contributed by atoms with Gasteiger partial charge in [0, 0.05) is 11.4 Å². The van der Waals surface area contributed by atoms with E-state index in [1.165, 1.54) is 11.1 Å². The Balaban J connectivity index is 2.03. The van der Waals surface area contributed by atoms with E-state index in [1.807, 2.05) is 37.4 Å². The Morgan fingerprint density at radius 3 is 2.50 bits per heavy atom. The summed E-state index contributed by atoms with van der Waals surface area (Å²) in [5.41, 5.74) is 1.65. The van der Waals surface area contributed by atoms with Gasteiger partial charge in [-0.1, -0.05) is 37.3 Å². The second-order valence-electron chi connectivity index (χ2n) is 5.92. The maximum Gasteiger partial charge on any atom is 0.191 e. The zero-order valence-corrected chi connectivity index (χ0v) is 15.5. The van der Waals surface area contributed by atoms with Gasteiger partial charge in [0.1, 0.15) is 5.60 Å². The number of aliphatic hydroxyl groups is 1. The molecule has 1 unspecified atom stereocenters. The summed E-state index contributed by atoms with van der Waals surface area (Å²) < 4.78 is 0. The minimum absolute atomic E-state index is 0.411. The molecule has 4 nitrogen and oxygen atoms in total. The topological polar surface area (TPSA) is 56.7 Å². The maximum absolute atomic E-state index is 10.6. The van der Waals surface area contributed by atoms with Crippen LogP contribution in [0.2, 0.25) is 0 Å². The molecule has 0 aliphatic heterocycles. The Morgan fingerprint density at radius 2 is 1.88 bits per heavy atom. The molecule has 130 valence electrons. The van der Waals surface area contributed by atoms with Gasteiger partial charge in [0.25, 0.3) is 0 Å². The number of guanidine groups is 1. The molecule has 1 aromatic heterocycles. The summed E-state index contributed by atoms with van der Waals surface area (Å²) in [6.07, 6.45) is 1.00. The van der Waals surface area contributed by atoms with Crippen LogP contribution in [0.1, 0.15) is 36.8 Å². The molecule has 0 saturated carbocycles. The molecule has 24 heavy (non-hydrogen) atoms. The Kier molecular flexibility index (Phi) is 6.82. The molecule has 0 spiro atoms. The van der Waals surface area contributed by atoms with Crippen LogP contribution in [-0.2, 0) is 18.6 Å².